The minimum absolute atomic E-state index is 0.00613. The Labute approximate surface area is 181 Å². The number of anilines is 3. The van der Waals surface area contributed by atoms with Gasteiger partial charge in [-0.2, -0.15) is 10.0 Å². The lowest BCUT2D eigenvalue weighted by Gasteiger charge is -2.16. The summed E-state index contributed by atoms with van der Waals surface area (Å²) in [5, 5.41) is 21.7. The minimum Gasteiger partial charge on any atom is -0.479 e. The molecule has 162 valence electrons. The highest BCUT2D eigenvalue weighted by atomic mass is 79.9. The van der Waals surface area contributed by atoms with Crippen molar-refractivity contribution < 1.29 is 23.2 Å². The molecule has 4 atom stereocenters. The number of benzene rings is 1. The van der Waals surface area contributed by atoms with Crippen molar-refractivity contribution in [3.8, 4) is 0 Å². The van der Waals surface area contributed by atoms with Gasteiger partial charge in [0.15, 0.2) is 6.61 Å². The number of carboxylic acid groups (broad SMARTS) is 1. The standard InChI is InChI=1S/C17H21BrN6O5S/c1-9(15-10(2)24(15)29-8-14(25)26)21-16-13(18)7-20-17(23-16)22-11-3-5-12(6-4-11)30(19,27)28/h3-7,9-10,15H,8H2,1-2H3,(H,25,26)(H2,19,27,28)(H2,20,21,22,23). The molecule has 5 N–H and O–H groups in total. The maximum Gasteiger partial charge on any atom is 0.331 e. The van der Waals surface area contributed by atoms with Crippen LogP contribution in [0.1, 0.15) is 13.8 Å². The molecule has 3 rings (SSSR count). The first-order chi connectivity index (χ1) is 14.1. The van der Waals surface area contributed by atoms with Crippen LogP contribution in [0, 0.1) is 0 Å². The predicted molar refractivity (Wildman–Crippen MR) is 113 cm³/mol. The van der Waals surface area contributed by atoms with Crippen molar-refractivity contribution in [3.63, 3.8) is 0 Å². The lowest BCUT2D eigenvalue weighted by molar-refractivity contribution is -0.156. The number of carboxylic acids is 1. The molecular formula is C17H21BrN6O5S. The summed E-state index contributed by atoms with van der Waals surface area (Å²) in [4.78, 5) is 24.6. The van der Waals surface area contributed by atoms with E-state index < -0.39 is 16.0 Å². The number of aliphatic carboxylic acids is 1. The van der Waals surface area contributed by atoms with Crippen LogP contribution in [0.2, 0.25) is 0 Å². The lowest BCUT2D eigenvalue weighted by Crippen LogP contribution is -2.27. The number of rotatable bonds is 9. The van der Waals surface area contributed by atoms with E-state index in [4.69, 9.17) is 15.1 Å². The second-order valence-electron chi connectivity index (χ2n) is 6.78. The highest BCUT2D eigenvalue weighted by Crippen LogP contribution is 2.33. The zero-order valence-electron chi connectivity index (χ0n) is 16.1. The quantitative estimate of drug-likeness (QED) is 0.371. The van der Waals surface area contributed by atoms with E-state index in [0.717, 1.165) is 0 Å². The fraction of sp³-hybridized carbons (Fsp3) is 0.353. The van der Waals surface area contributed by atoms with Gasteiger partial charge in [-0.3, -0.25) is 4.84 Å². The van der Waals surface area contributed by atoms with Crippen LogP contribution in [0.3, 0.4) is 0 Å². The third-order valence-electron chi connectivity index (χ3n) is 4.50. The fourth-order valence-electron chi connectivity index (χ4n) is 3.00. The lowest BCUT2D eigenvalue weighted by atomic mass is 10.2. The van der Waals surface area contributed by atoms with Crippen molar-refractivity contribution in [1.29, 1.82) is 0 Å². The number of aromatic nitrogens is 2. The monoisotopic (exact) mass is 500 g/mol. The maximum atomic E-state index is 11.3. The zero-order valence-corrected chi connectivity index (χ0v) is 18.5. The summed E-state index contributed by atoms with van der Waals surface area (Å²) in [7, 11) is -3.76. The highest BCUT2D eigenvalue weighted by molar-refractivity contribution is 9.10. The summed E-state index contributed by atoms with van der Waals surface area (Å²) in [5.41, 5.74) is 0.591. The SMILES string of the molecule is CC(Nc1nc(Nc2ccc(S(N)(=O)=O)cc2)ncc1Br)C1C(C)N1OCC(=O)O. The van der Waals surface area contributed by atoms with E-state index in [9.17, 15) is 13.2 Å². The molecule has 0 aliphatic carbocycles. The number of primary sulfonamides is 1. The van der Waals surface area contributed by atoms with E-state index in [0.29, 0.717) is 21.9 Å². The summed E-state index contributed by atoms with van der Waals surface area (Å²) < 4.78 is 23.3. The molecule has 2 heterocycles. The molecule has 2 aromatic rings. The molecule has 1 aliphatic rings. The number of hydroxylamine groups is 2. The number of halogens is 1. The average Bonchev–Trinajstić information content (AvgIpc) is 3.32. The molecule has 1 aliphatic heterocycles. The Bertz CT molecular complexity index is 1040. The van der Waals surface area contributed by atoms with Crippen LogP contribution < -0.4 is 15.8 Å². The Morgan fingerprint density at radius 2 is 2.07 bits per heavy atom. The molecule has 1 fully saturated rings. The number of hydrogen-bond acceptors (Lipinski definition) is 9. The topological polar surface area (TPSA) is 160 Å². The van der Waals surface area contributed by atoms with Gasteiger partial charge in [-0.1, -0.05) is 0 Å². The van der Waals surface area contributed by atoms with Crippen molar-refractivity contribution in [3.05, 3.63) is 34.9 Å². The summed E-state index contributed by atoms with van der Waals surface area (Å²) in [6.07, 6.45) is 1.58. The van der Waals surface area contributed by atoms with Crippen molar-refractivity contribution >= 4 is 49.4 Å². The van der Waals surface area contributed by atoms with E-state index >= 15 is 0 Å². The van der Waals surface area contributed by atoms with Crippen LogP contribution >= 0.6 is 15.9 Å². The number of nitrogens with one attached hydrogen (secondary N) is 2. The molecule has 4 unspecified atom stereocenters. The van der Waals surface area contributed by atoms with Crippen LogP contribution in [0.4, 0.5) is 17.5 Å². The summed E-state index contributed by atoms with van der Waals surface area (Å²) in [6, 6.07) is 5.88. The average molecular weight is 501 g/mol. The highest BCUT2D eigenvalue weighted by Gasteiger charge is 2.49. The van der Waals surface area contributed by atoms with Gasteiger partial charge in [0, 0.05) is 17.9 Å². The first kappa shape index (κ1) is 22.4. The Morgan fingerprint density at radius 3 is 2.67 bits per heavy atom. The van der Waals surface area contributed by atoms with Crippen molar-refractivity contribution in [2.45, 2.75) is 36.9 Å². The van der Waals surface area contributed by atoms with E-state index in [2.05, 4.69) is 36.5 Å². The molecule has 11 nitrogen and oxygen atoms in total. The third kappa shape index (κ3) is 5.43. The van der Waals surface area contributed by atoms with Crippen LogP contribution in [0.25, 0.3) is 0 Å². The van der Waals surface area contributed by atoms with Gasteiger partial charge in [0.05, 0.1) is 21.5 Å². The summed E-state index contributed by atoms with van der Waals surface area (Å²) in [5.74, 6) is -0.183. The van der Waals surface area contributed by atoms with Gasteiger partial charge in [0.2, 0.25) is 16.0 Å². The summed E-state index contributed by atoms with van der Waals surface area (Å²) >= 11 is 3.41. The molecule has 30 heavy (non-hydrogen) atoms. The Balaban J connectivity index is 1.66. The molecule has 13 heteroatoms. The number of hydrogen-bond donors (Lipinski definition) is 4. The van der Waals surface area contributed by atoms with Gasteiger partial charge in [0.25, 0.3) is 0 Å². The fourth-order valence-corrected chi connectivity index (χ4v) is 3.82. The molecule has 1 saturated heterocycles. The molecule has 0 spiro atoms. The minimum atomic E-state index is -3.76. The smallest absolute Gasteiger partial charge is 0.331 e. The molecule has 1 aromatic heterocycles. The second-order valence-corrected chi connectivity index (χ2v) is 9.19. The van der Waals surface area contributed by atoms with Crippen molar-refractivity contribution in [1.82, 2.24) is 15.0 Å². The molecular weight excluding hydrogens is 480 g/mol. The van der Waals surface area contributed by atoms with Gasteiger partial charge < -0.3 is 15.7 Å². The zero-order chi connectivity index (χ0) is 22.1. The third-order valence-corrected chi connectivity index (χ3v) is 6.01. The van der Waals surface area contributed by atoms with Crippen LogP contribution in [0.5, 0.6) is 0 Å². The molecule has 0 saturated carbocycles. The first-order valence-electron chi connectivity index (χ1n) is 8.88. The van der Waals surface area contributed by atoms with Gasteiger partial charge in [-0.05, 0) is 54.0 Å². The number of carbonyl (C=O) groups is 1. The van der Waals surface area contributed by atoms with Gasteiger partial charge >= 0.3 is 5.97 Å². The number of nitrogens with two attached hydrogens (primary N) is 1. The largest absolute Gasteiger partial charge is 0.479 e. The number of nitrogens with zero attached hydrogens (tertiary/aromatic N) is 3. The van der Waals surface area contributed by atoms with Gasteiger partial charge in [0.1, 0.15) is 5.82 Å². The van der Waals surface area contributed by atoms with E-state index in [1.807, 2.05) is 13.8 Å². The summed E-state index contributed by atoms with van der Waals surface area (Å²) in [6.45, 7) is 3.50. The Morgan fingerprint density at radius 1 is 1.40 bits per heavy atom. The van der Waals surface area contributed by atoms with Crippen LogP contribution in [-0.2, 0) is 19.7 Å². The normalized spacial score (nSPS) is 21.7. The van der Waals surface area contributed by atoms with Gasteiger partial charge in [-0.25, -0.2) is 23.3 Å². The predicted octanol–water partition coefficient (Wildman–Crippen LogP) is 1.52. The Kier molecular flexibility index (Phi) is 6.57. The maximum absolute atomic E-state index is 11.3. The van der Waals surface area contributed by atoms with E-state index in [-0.39, 0.29) is 29.6 Å². The first-order valence-corrected chi connectivity index (χ1v) is 11.2. The molecule has 0 bridgehead atoms. The molecule has 0 amide bonds. The van der Waals surface area contributed by atoms with Crippen LogP contribution in [-0.4, -0.2) is 59.3 Å². The van der Waals surface area contributed by atoms with E-state index in [1.165, 1.54) is 12.1 Å². The second kappa shape index (κ2) is 8.81. The number of sulfonamides is 1. The Hall–Kier alpha value is -2.32. The van der Waals surface area contributed by atoms with Crippen molar-refractivity contribution in [2.75, 3.05) is 17.2 Å². The molecule has 1 aromatic carbocycles. The van der Waals surface area contributed by atoms with E-state index in [1.54, 1.807) is 23.4 Å². The van der Waals surface area contributed by atoms with Crippen LogP contribution in [0.15, 0.2) is 39.8 Å². The molecule has 0 radical (unpaired) electrons. The van der Waals surface area contributed by atoms with Gasteiger partial charge in [-0.15, -0.1) is 0 Å². The van der Waals surface area contributed by atoms with Crippen molar-refractivity contribution in [2.24, 2.45) is 5.14 Å².